The Bertz CT molecular complexity index is 388. The zero-order chi connectivity index (χ0) is 13.8. The van der Waals surface area contributed by atoms with E-state index in [0.29, 0.717) is 10.8 Å². The first-order valence-electron chi connectivity index (χ1n) is 5.78. The molecule has 0 amide bonds. The van der Waals surface area contributed by atoms with Crippen molar-refractivity contribution in [3.63, 3.8) is 0 Å². The first-order valence-corrected chi connectivity index (χ1v) is 6.77. The number of alkyl halides is 3. The largest absolute Gasteiger partial charge is 0.416 e. The second kappa shape index (κ2) is 6.48. The highest BCUT2D eigenvalue weighted by Gasteiger charge is 2.33. The molecule has 0 bridgehead atoms. The zero-order valence-electron chi connectivity index (χ0n) is 10.4. The minimum Gasteiger partial charge on any atom is -0.392 e. The predicted molar refractivity (Wildman–Crippen MR) is 67.5 cm³/mol. The van der Waals surface area contributed by atoms with Crippen molar-refractivity contribution < 1.29 is 18.3 Å². The number of aliphatic hydroxyl groups is 1. The lowest BCUT2D eigenvalue weighted by molar-refractivity contribution is -0.138. The quantitative estimate of drug-likeness (QED) is 0.809. The van der Waals surface area contributed by atoms with Gasteiger partial charge in [-0.2, -0.15) is 13.2 Å². The van der Waals surface area contributed by atoms with Gasteiger partial charge in [-0.15, -0.1) is 11.8 Å². The van der Waals surface area contributed by atoms with E-state index in [-0.39, 0.29) is 5.56 Å². The van der Waals surface area contributed by atoms with Crippen LogP contribution in [0.4, 0.5) is 13.2 Å². The van der Waals surface area contributed by atoms with Gasteiger partial charge < -0.3 is 5.11 Å². The average Bonchev–Trinajstić information content (AvgIpc) is 2.27. The zero-order valence-corrected chi connectivity index (χ0v) is 11.2. The Labute approximate surface area is 109 Å². The van der Waals surface area contributed by atoms with Crippen molar-refractivity contribution in [2.45, 2.75) is 37.9 Å². The van der Waals surface area contributed by atoms with Crippen LogP contribution >= 0.6 is 11.8 Å². The number of thioether (sulfide) groups is 1. The van der Waals surface area contributed by atoms with Crippen molar-refractivity contribution in [2.75, 3.05) is 5.75 Å². The van der Waals surface area contributed by atoms with Gasteiger partial charge in [0.25, 0.3) is 0 Å². The molecular formula is C13H17F3OS. The average molecular weight is 278 g/mol. The van der Waals surface area contributed by atoms with Crippen LogP contribution in [0.2, 0.25) is 0 Å². The molecule has 0 fully saturated rings. The number of benzene rings is 1. The highest BCUT2D eigenvalue weighted by Crippen LogP contribution is 2.35. The van der Waals surface area contributed by atoms with Crippen molar-refractivity contribution >= 4 is 11.8 Å². The molecule has 1 nitrogen and oxygen atoms in total. The molecule has 1 N–H and O–H groups in total. The minimum atomic E-state index is -4.41. The topological polar surface area (TPSA) is 20.2 Å². The molecule has 0 heterocycles. The lowest BCUT2D eigenvalue weighted by Gasteiger charge is -2.13. The molecule has 0 spiro atoms. The fourth-order valence-electron chi connectivity index (χ4n) is 1.46. The third kappa shape index (κ3) is 4.53. The van der Waals surface area contributed by atoms with E-state index < -0.39 is 18.3 Å². The van der Waals surface area contributed by atoms with Crippen molar-refractivity contribution in [1.82, 2.24) is 0 Å². The monoisotopic (exact) mass is 278 g/mol. The summed E-state index contributed by atoms with van der Waals surface area (Å²) in [6.45, 7) is 3.57. The SMILES string of the molecule is CC(C)CCSc1ccc(CO)c(C(F)(F)F)c1. The van der Waals surface area contributed by atoms with Crippen LogP contribution in [0.1, 0.15) is 31.4 Å². The van der Waals surface area contributed by atoms with Crippen LogP contribution in [0.5, 0.6) is 0 Å². The second-order valence-electron chi connectivity index (χ2n) is 4.51. The van der Waals surface area contributed by atoms with E-state index in [2.05, 4.69) is 13.8 Å². The highest BCUT2D eigenvalue weighted by atomic mass is 32.2. The number of hydrogen-bond donors (Lipinski definition) is 1. The molecule has 5 heteroatoms. The van der Waals surface area contributed by atoms with Gasteiger partial charge in [-0.05, 0) is 35.8 Å². The van der Waals surface area contributed by atoms with Crippen LogP contribution in [0, 0.1) is 5.92 Å². The number of hydrogen-bond acceptors (Lipinski definition) is 2. The molecule has 0 atom stereocenters. The lowest BCUT2D eigenvalue weighted by Crippen LogP contribution is -2.09. The second-order valence-corrected chi connectivity index (χ2v) is 5.67. The van der Waals surface area contributed by atoms with Crippen molar-refractivity contribution in [1.29, 1.82) is 0 Å². The van der Waals surface area contributed by atoms with Gasteiger partial charge in [-0.3, -0.25) is 0 Å². The first-order chi connectivity index (χ1) is 8.34. The number of aliphatic hydroxyl groups excluding tert-OH is 1. The molecule has 1 aromatic rings. The van der Waals surface area contributed by atoms with Crippen LogP contribution in [0.25, 0.3) is 0 Å². The summed E-state index contributed by atoms with van der Waals surface area (Å²) in [5.74, 6) is 1.34. The Morgan fingerprint density at radius 1 is 1.28 bits per heavy atom. The fourth-order valence-corrected chi connectivity index (χ4v) is 2.65. The summed E-state index contributed by atoms with van der Waals surface area (Å²) >= 11 is 1.42. The summed E-state index contributed by atoms with van der Waals surface area (Å²) < 4.78 is 38.2. The van der Waals surface area contributed by atoms with Gasteiger partial charge in [0.05, 0.1) is 12.2 Å². The normalized spacial score (nSPS) is 12.2. The molecule has 0 saturated heterocycles. The molecule has 1 rings (SSSR count). The molecule has 0 aliphatic carbocycles. The van der Waals surface area contributed by atoms with Gasteiger partial charge in [0, 0.05) is 4.90 Å². The van der Waals surface area contributed by atoms with E-state index in [9.17, 15) is 13.2 Å². The maximum atomic E-state index is 12.7. The summed E-state index contributed by atoms with van der Waals surface area (Å²) in [5, 5.41) is 8.91. The van der Waals surface area contributed by atoms with E-state index in [1.165, 1.54) is 17.8 Å². The Kier molecular flexibility index (Phi) is 5.53. The maximum Gasteiger partial charge on any atom is 0.416 e. The van der Waals surface area contributed by atoms with Gasteiger partial charge in [0.15, 0.2) is 0 Å². The predicted octanol–water partition coefficient (Wildman–Crippen LogP) is 4.34. The van der Waals surface area contributed by atoms with Crippen LogP contribution in [-0.2, 0) is 12.8 Å². The van der Waals surface area contributed by atoms with Gasteiger partial charge in [-0.25, -0.2) is 0 Å². The fraction of sp³-hybridized carbons (Fsp3) is 0.538. The maximum absolute atomic E-state index is 12.7. The van der Waals surface area contributed by atoms with Gasteiger partial charge >= 0.3 is 6.18 Å². The smallest absolute Gasteiger partial charge is 0.392 e. The van der Waals surface area contributed by atoms with Crippen molar-refractivity contribution in [3.8, 4) is 0 Å². The summed E-state index contributed by atoms with van der Waals surface area (Å²) in [4.78, 5) is 0.597. The third-order valence-electron chi connectivity index (χ3n) is 2.52. The van der Waals surface area contributed by atoms with Crippen molar-refractivity contribution in [3.05, 3.63) is 29.3 Å². The van der Waals surface area contributed by atoms with E-state index in [4.69, 9.17) is 5.11 Å². The molecule has 1 aromatic carbocycles. The van der Waals surface area contributed by atoms with Gasteiger partial charge in [0.2, 0.25) is 0 Å². The molecule has 0 radical (unpaired) electrons. The molecule has 0 unspecified atom stereocenters. The Morgan fingerprint density at radius 2 is 1.94 bits per heavy atom. The van der Waals surface area contributed by atoms with Gasteiger partial charge in [0.1, 0.15) is 0 Å². The Hall–Kier alpha value is -0.680. The van der Waals surface area contributed by atoms with E-state index in [0.717, 1.165) is 18.2 Å². The van der Waals surface area contributed by atoms with Gasteiger partial charge in [-0.1, -0.05) is 19.9 Å². The summed E-state index contributed by atoms with van der Waals surface area (Å²) in [5.41, 5.74) is -0.810. The summed E-state index contributed by atoms with van der Waals surface area (Å²) in [6, 6.07) is 4.10. The van der Waals surface area contributed by atoms with Crippen LogP contribution < -0.4 is 0 Å². The van der Waals surface area contributed by atoms with E-state index in [1.807, 2.05) is 0 Å². The Balaban J connectivity index is 2.83. The molecular weight excluding hydrogens is 261 g/mol. The molecule has 0 aliphatic heterocycles. The van der Waals surface area contributed by atoms with E-state index >= 15 is 0 Å². The highest BCUT2D eigenvalue weighted by molar-refractivity contribution is 7.99. The molecule has 18 heavy (non-hydrogen) atoms. The first kappa shape index (κ1) is 15.4. The van der Waals surface area contributed by atoms with Crippen LogP contribution in [0.15, 0.2) is 23.1 Å². The van der Waals surface area contributed by atoms with Crippen LogP contribution in [-0.4, -0.2) is 10.9 Å². The van der Waals surface area contributed by atoms with Crippen molar-refractivity contribution in [2.24, 2.45) is 5.92 Å². The van der Waals surface area contributed by atoms with Crippen LogP contribution in [0.3, 0.4) is 0 Å². The Morgan fingerprint density at radius 3 is 2.44 bits per heavy atom. The molecule has 0 aromatic heterocycles. The molecule has 102 valence electrons. The number of halogens is 3. The molecule has 0 aliphatic rings. The molecule has 0 saturated carbocycles. The summed E-state index contributed by atoms with van der Waals surface area (Å²) in [7, 11) is 0. The minimum absolute atomic E-state index is 0.0734. The van der Waals surface area contributed by atoms with E-state index in [1.54, 1.807) is 6.07 Å². The summed E-state index contributed by atoms with van der Waals surface area (Å²) in [6.07, 6.45) is -3.44. The number of rotatable bonds is 5. The standard InChI is InChI=1S/C13H17F3OS/c1-9(2)5-6-18-11-4-3-10(8-17)12(7-11)13(14,15)16/h3-4,7,9,17H,5-6,8H2,1-2H3. The lowest BCUT2D eigenvalue weighted by atomic mass is 10.1. The third-order valence-corrected chi connectivity index (χ3v) is 3.55.